The minimum atomic E-state index is 0.394. The maximum Gasteiger partial charge on any atom is 0.100 e. The molecule has 4 nitrogen and oxygen atoms in total. The molecule has 1 atom stereocenters. The van der Waals surface area contributed by atoms with E-state index in [0.717, 1.165) is 24.9 Å². The highest BCUT2D eigenvalue weighted by atomic mass is 32.1. The number of hydrogen-bond donors (Lipinski definition) is 1. The quantitative estimate of drug-likeness (QED) is 0.934. The Morgan fingerprint density at radius 3 is 3.32 bits per heavy atom. The average Bonchev–Trinajstić information content (AvgIpc) is 3.04. The lowest BCUT2D eigenvalue weighted by Gasteiger charge is -2.23. The van der Waals surface area contributed by atoms with Crippen LogP contribution in [0.2, 0.25) is 0 Å². The highest BCUT2D eigenvalue weighted by Crippen LogP contribution is 2.29. The Labute approximate surface area is 116 Å². The zero-order valence-corrected chi connectivity index (χ0v) is 11.7. The summed E-state index contributed by atoms with van der Waals surface area (Å²) in [4.78, 5) is 1.22. The highest BCUT2D eigenvalue weighted by molar-refractivity contribution is 7.10. The summed E-state index contributed by atoms with van der Waals surface area (Å²) >= 11 is 1.64. The minimum Gasteiger partial charge on any atom is -0.305 e. The molecular weight excluding hydrogens is 256 g/mol. The van der Waals surface area contributed by atoms with Crippen LogP contribution in [0.15, 0.2) is 17.6 Å². The molecule has 0 saturated carbocycles. The molecule has 98 valence electrons. The molecule has 1 aliphatic rings. The second-order valence-corrected chi connectivity index (χ2v) is 5.91. The first-order chi connectivity index (χ1) is 9.28. The second-order valence-electron chi connectivity index (χ2n) is 4.91. The predicted octanol–water partition coefficient (Wildman–Crippen LogP) is 2.52. The molecule has 1 N–H and O–H groups in total. The number of aromatic nitrogens is 2. The van der Waals surface area contributed by atoms with E-state index in [1.165, 1.54) is 22.6 Å². The van der Waals surface area contributed by atoms with Gasteiger partial charge in [0.25, 0.3) is 0 Å². The lowest BCUT2D eigenvalue weighted by molar-refractivity contribution is 0.453. The van der Waals surface area contributed by atoms with Crippen molar-refractivity contribution in [2.75, 3.05) is 0 Å². The third-order valence-corrected chi connectivity index (χ3v) is 4.62. The minimum absolute atomic E-state index is 0.394. The van der Waals surface area contributed by atoms with Crippen molar-refractivity contribution >= 4 is 11.3 Å². The van der Waals surface area contributed by atoms with Crippen LogP contribution in [-0.2, 0) is 20.0 Å². The summed E-state index contributed by atoms with van der Waals surface area (Å²) in [7, 11) is 2.01. The van der Waals surface area contributed by atoms with Gasteiger partial charge in [-0.25, -0.2) is 0 Å². The van der Waals surface area contributed by atoms with E-state index in [1.807, 2.05) is 29.4 Å². The second kappa shape index (κ2) is 5.16. The number of nitriles is 1. The van der Waals surface area contributed by atoms with Crippen LogP contribution in [-0.4, -0.2) is 9.78 Å². The number of rotatable bonds is 3. The van der Waals surface area contributed by atoms with Gasteiger partial charge in [0.05, 0.1) is 11.8 Å². The van der Waals surface area contributed by atoms with Crippen molar-refractivity contribution in [1.29, 1.82) is 5.26 Å². The Balaban J connectivity index is 1.70. The van der Waals surface area contributed by atoms with Crippen LogP contribution in [0, 0.1) is 11.3 Å². The average molecular weight is 272 g/mol. The highest BCUT2D eigenvalue weighted by Gasteiger charge is 2.22. The lowest BCUT2D eigenvalue weighted by Crippen LogP contribution is -2.24. The summed E-state index contributed by atoms with van der Waals surface area (Å²) in [5.41, 5.74) is 3.45. The number of thiophene rings is 1. The van der Waals surface area contributed by atoms with Crippen molar-refractivity contribution in [2.24, 2.45) is 7.05 Å². The van der Waals surface area contributed by atoms with Gasteiger partial charge in [-0.2, -0.15) is 10.4 Å². The van der Waals surface area contributed by atoms with Crippen LogP contribution in [0.25, 0.3) is 0 Å². The van der Waals surface area contributed by atoms with E-state index < -0.39 is 0 Å². The van der Waals surface area contributed by atoms with Gasteiger partial charge >= 0.3 is 0 Å². The third kappa shape index (κ3) is 2.42. The Kier molecular flexibility index (Phi) is 3.36. The molecule has 0 fully saturated rings. The van der Waals surface area contributed by atoms with E-state index in [9.17, 15) is 0 Å². The normalized spacial score (nSPS) is 18.0. The number of hydrogen-bond acceptors (Lipinski definition) is 4. The zero-order chi connectivity index (χ0) is 13.2. The molecule has 2 aromatic heterocycles. The van der Waals surface area contributed by atoms with E-state index >= 15 is 0 Å². The lowest BCUT2D eigenvalue weighted by atomic mass is 9.93. The Morgan fingerprint density at radius 2 is 2.53 bits per heavy atom. The fourth-order valence-electron chi connectivity index (χ4n) is 2.67. The van der Waals surface area contributed by atoms with Gasteiger partial charge in [0.2, 0.25) is 0 Å². The van der Waals surface area contributed by atoms with Crippen LogP contribution in [0.5, 0.6) is 0 Å². The van der Waals surface area contributed by atoms with E-state index in [0.29, 0.717) is 6.04 Å². The van der Waals surface area contributed by atoms with Gasteiger partial charge in [-0.15, -0.1) is 11.3 Å². The van der Waals surface area contributed by atoms with Gasteiger partial charge in [-0.05, 0) is 25.3 Å². The largest absolute Gasteiger partial charge is 0.305 e. The molecule has 0 bridgehead atoms. The summed E-state index contributed by atoms with van der Waals surface area (Å²) in [5.74, 6) is 0. The summed E-state index contributed by atoms with van der Waals surface area (Å²) in [6, 6.07) is 4.53. The molecular formula is C14H16N4S. The van der Waals surface area contributed by atoms with Crippen LogP contribution >= 0.6 is 11.3 Å². The smallest absolute Gasteiger partial charge is 0.100 e. The van der Waals surface area contributed by atoms with Gasteiger partial charge in [0.15, 0.2) is 0 Å². The molecule has 5 heteroatoms. The Bertz CT molecular complexity index is 620. The van der Waals surface area contributed by atoms with Crippen LogP contribution in [0.4, 0.5) is 0 Å². The first-order valence-corrected chi connectivity index (χ1v) is 7.37. The predicted molar refractivity (Wildman–Crippen MR) is 74.8 cm³/mol. The van der Waals surface area contributed by atoms with Crippen LogP contribution in [0.3, 0.4) is 0 Å². The van der Waals surface area contributed by atoms with Crippen molar-refractivity contribution in [2.45, 2.75) is 31.8 Å². The maximum absolute atomic E-state index is 8.83. The molecule has 19 heavy (non-hydrogen) atoms. The van der Waals surface area contributed by atoms with Gasteiger partial charge in [0.1, 0.15) is 6.07 Å². The molecule has 1 unspecified atom stereocenters. The molecule has 0 amide bonds. The number of nitrogens with one attached hydrogen (secondary N) is 1. The summed E-state index contributed by atoms with van der Waals surface area (Å²) in [6.45, 7) is 0.825. The monoisotopic (exact) mass is 272 g/mol. The molecule has 3 rings (SSSR count). The van der Waals surface area contributed by atoms with Crippen molar-refractivity contribution in [3.05, 3.63) is 39.3 Å². The molecule has 2 aromatic rings. The van der Waals surface area contributed by atoms with Crippen LogP contribution < -0.4 is 5.32 Å². The van der Waals surface area contributed by atoms with Gasteiger partial charge in [-0.1, -0.05) is 0 Å². The van der Waals surface area contributed by atoms with Gasteiger partial charge in [-0.3, -0.25) is 4.68 Å². The Hall–Kier alpha value is -1.64. The molecule has 0 aromatic carbocycles. The summed E-state index contributed by atoms with van der Waals surface area (Å²) < 4.78 is 1.99. The number of aryl methyl sites for hydroxylation is 1. The molecule has 0 spiro atoms. The van der Waals surface area contributed by atoms with E-state index in [1.54, 1.807) is 11.3 Å². The first kappa shape index (κ1) is 12.4. The van der Waals surface area contributed by atoms with Crippen molar-refractivity contribution < 1.29 is 0 Å². The standard InChI is InChI=1S/C14H16N4S/c1-18-14-4-2-3-13(12(14)8-17-18)16-7-11-5-10(6-15)9-19-11/h5,8-9,13,16H,2-4,7H2,1H3. The molecule has 0 saturated heterocycles. The number of nitrogens with zero attached hydrogens (tertiary/aromatic N) is 3. The number of fused-ring (bicyclic) bond motifs is 1. The first-order valence-electron chi connectivity index (χ1n) is 6.49. The molecule has 0 aliphatic heterocycles. The molecule has 0 radical (unpaired) electrons. The van der Waals surface area contributed by atoms with E-state index in [-0.39, 0.29) is 0 Å². The third-order valence-electron chi connectivity index (χ3n) is 3.68. The van der Waals surface area contributed by atoms with Gasteiger partial charge < -0.3 is 5.32 Å². The van der Waals surface area contributed by atoms with Crippen molar-refractivity contribution in [3.63, 3.8) is 0 Å². The van der Waals surface area contributed by atoms with Crippen LogP contribution in [0.1, 0.15) is 40.6 Å². The fourth-order valence-corrected chi connectivity index (χ4v) is 3.43. The fraction of sp³-hybridized carbons (Fsp3) is 0.429. The summed E-state index contributed by atoms with van der Waals surface area (Å²) in [6.07, 6.45) is 5.48. The topological polar surface area (TPSA) is 53.6 Å². The summed E-state index contributed by atoms with van der Waals surface area (Å²) in [5, 5.41) is 18.7. The van der Waals surface area contributed by atoms with Crippen molar-refractivity contribution in [3.8, 4) is 6.07 Å². The SMILES string of the molecule is Cn1ncc2c1CCCC2NCc1cc(C#N)cs1. The zero-order valence-electron chi connectivity index (χ0n) is 10.9. The molecule has 1 aliphatic carbocycles. The maximum atomic E-state index is 8.83. The van der Waals surface area contributed by atoms with Crippen molar-refractivity contribution in [1.82, 2.24) is 15.1 Å². The van der Waals surface area contributed by atoms with Gasteiger partial charge in [0, 0.05) is 41.1 Å². The van der Waals surface area contributed by atoms with E-state index in [2.05, 4.69) is 16.5 Å². The molecule has 2 heterocycles. The van der Waals surface area contributed by atoms with E-state index in [4.69, 9.17) is 5.26 Å². The Morgan fingerprint density at radius 1 is 1.63 bits per heavy atom.